The highest BCUT2D eigenvalue weighted by atomic mass is 16.5. The van der Waals surface area contributed by atoms with Crippen LogP contribution in [0.2, 0.25) is 0 Å². The van der Waals surface area contributed by atoms with Gasteiger partial charge in [0.25, 0.3) is 5.91 Å². The maximum absolute atomic E-state index is 13.9. The maximum Gasteiger partial charge on any atom is 0.338 e. The number of carbonyl (C=O) groups excluding carboxylic acids is 2. The number of nitrogens with zero attached hydrogens (tertiary/aromatic N) is 4. The van der Waals surface area contributed by atoms with Crippen molar-refractivity contribution in [3.8, 4) is 0 Å². The van der Waals surface area contributed by atoms with Gasteiger partial charge in [-0.05, 0) is 69.2 Å². The molecule has 0 aromatic heterocycles. The monoisotopic (exact) mass is 488 g/mol. The molecule has 0 N–H and O–H groups in total. The minimum Gasteiger partial charge on any atom is -0.463 e. The molecule has 3 rings (SSSR count). The van der Waals surface area contributed by atoms with Gasteiger partial charge in [0, 0.05) is 45.1 Å². The van der Waals surface area contributed by atoms with Gasteiger partial charge in [0.05, 0.1) is 23.9 Å². The minimum absolute atomic E-state index is 0.219. The lowest BCUT2D eigenvalue weighted by Crippen LogP contribution is -2.43. The van der Waals surface area contributed by atoms with Gasteiger partial charge in [-0.25, -0.2) is 9.79 Å². The van der Waals surface area contributed by atoms with Crippen molar-refractivity contribution < 1.29 is 14.3 Å². The second-order valence-electron chi connectivity index (χ2n) is 9.26. The Kier molecular flexibility index (Phi) is 8.35. The molecule has 7 nitrogen and oxygen atoms in total. The number of aliphatic imine (C=N–C) groups is 1. The second-order valence-corrected chi connectivity index (χ2v) is 9.26. The second kappa shape index (κ2) is 11.2. The molecule has 1 unspecified atom stereocenters. The summed E-state index contributed by atoms with van der Waals surface area (Å²) in [6, 6.07) is 15.2. The van der Waals surface area contributed by atoms with Gasteiger partial charge in [0.1, 0.15) is 5.84 Å². The summed E-state index contributed by atoms with van der Waals surface area (Å²) < 4.78 is 5.38. The smallest absolute Gasteiger partial charge is 0.338 e. The Morgan fingerprint density at radius 1 is 0.944 bits per heavy atom. The average Bonchev–Trinajstić information content (AvgIpc) is 2.83. The van der Waals surface area contributed by atoms with E-state index >= 15 is 0 Å². The fraction of sp³-hybridized carbons (Fsp3) is 0.345. The first-order chi connectivity index (χ1) is 17.0. The molecule has 0 fully saturated rings. The molecule has 1 aliphatic heterocycles. The zero-order valence-corrected chi connectivity index (χ0v) is 22.5. The largest absolute Gasteiger partial charge is 0.463 e. The van der Waals surface area contributed by atoms with Gasteiger partial charge in [-0.3, -0.25) is 9.69 Å². The average molecular weight is 489 g/mol. The topological polar surface area (TPSA) is 65.5 Å². The lowest BCUT2D eigenvalue weighted by atomic mass is 9.92. The van der Waals surface area contributed by atoms with E-state index in [1.807, 2.05) is 92.6 Å². The number of amidine groups is 1. The summed E-state index contributed by atoms with van der Waals surface area (Å²) in [6.07, 6.45) is 1.86. The zero-order chi connectivity index (χ0) is 26.6. The van der Waals surface area contributed by atoms with Crippen LogP contribution < -0.4 is 9.80 Å². The third kappa shape index (κ3) is 5.67. The Morgan fingerprint density at radius 3 is 1.97 bits per heavy atom. The van der Waals surface area contributed by atoms with E-state index in [4.69, 9.17) is 4.74 Å². The van der Waals surface area contributed by atoms with E-state index < -0.39 is 12.0 Å². The van der Waals surface area contributed by atoms with Gasteiger partial charge in [-0.2, -0.15) is 0 Å². The number of ether oxygens (including phenoxy) is 1. The normalized spacial score (nSPS) is 16.0. The number of hydrogen-bond acceptors (Lipinski definition) is 6. The fourth-order valence-electron chi connectivity index (χ4n) is 4.24. The lowest BCUT2D eigenvalue weighted by molar-refractivity contribution is -0.139. The Balaban J connectivity index is 2.07. The summed E-state index contributed by atoms with van der Waals surface area (Å²) in [6.45, 7) is 7.37. The molecular formula is C29H36N4O3. The molecule has 0 radical (unpaired) electrons. The van der Waals surface area contributed by atoms with Crippen molar-refractivity contribution in [2.75, 3.05) is 44.6 Å². The van der Waals surface area contributed by atoms with Gasteiger partial charge in [0.2, 0.25) is 0 Å². The molecule has 36 heavy (non-hydrogen) atoms. The summed E-state index contributed by atoms with van der Waals surface area (Å²) in [5, 5.41) is 0. The quantitative estimate of drug-likeness (QED) is 0.403. The van der Waals surface area contributed by atoms with E-state index in [2.05, 4.69) is 4.99 Å². The standard InChI is InChI=1S/C29H36N4O3/c1-9-36-29(35)26-20(3)30-21(4)33(27(26)23-12-16-25(17-13-23)32(7)8)28(34)19(2)18-22-10-14-24(15-11-22)31(5)6/h10-18,27H,9H2,1-8H3/b19-18-. The number of allylic oxidation sites excluding steroid dienone is 1. The van der Waals surface area contributed by atoms with Crippen LogP contribution in [-0.2, 0) is 14.3 Å². The van der Waals surface area contributed by atoms with Gasteiger partial charge in [0.15, 0.2) is 0 Å². The number of amides is 1. The summed E-state index contributed by atoms with van der Waals surface area (Å²) in [5.74, 6) is -0.154. The lowest BCUT2D eigenvalue weighted by Gasteiger charge is -2.36. The number of anilines is 2. The molecule has 0 saturated heterocycles. The first kappa shape index (κ1) is 26.7. The van der Waals surface area contributed by atoms with Gasteiger partial charge in [-0.1, -0.05) is 24.3 Å². The molecule has 2 aromatic carbocycles. The summed E-state index contributed by atoms with van der Waals surface area (Å²) in [5.41, 5.74) is 5.30. The van der Waals surface area contributed by atoms with Gasteiger partial charge in [-0.15, -0.1) is 0 Å². The van der Waals surface area contributed by atoms with Crippen molar-refractivity contribution in [3.63, 3.8) is 0 Å². The number of carbonyl (C=O) groups is 2. The maximum atomic E-state index is 13.9. The highest BCUT2D eigenvalue weighted by Gasteiger charge is 2.39. The first-order valence-corrected chi connectivity index (χ1v) is 12.0. The molecule has 0 spiro atoms. The van der Waals surface area contributed by atoms with Gasteiger partial charge >= 0.3 is 5.97 Å². The predicted octanol–water partition coefficient (Wildman–Crippen LogP) is 5.06. The third-order valence-corrected chi connectivity index (χ3v) is 6.17. The van der Waals surface area contributed by atoms with E-state index in [-0.39, 0.29) is 12.5 Å². The zero-order valence-electron chi connectivity index (χ0n) is 22.5. The van der Waals surface area contributed by atoms with Crippen molar-refractivity contribution in [1.29, 1.82) is 0 Å². The number of benzene rings is 2. The summed E-state index contributed by atoms with van der Waals surface area (Å²) >= 11 is 0. The third-order valence-electron chi connectivity index (χ3n) is 6.17. The van der Waals surface area contributed by atoms with Crippen LogP contribution in [0.25, 0.3) is 6.08 Å². The van der Waals surface area contributed by atoms with Crippen molar-refractivity contribution in [2.24, 2.45) is 4.99 Å². The van der Waals surface area contributed by atoms with Gasteiger partial charge < -0.3 is 14.5 Å². The first-order valence-electron chi connectivity index (χ1n) is 12.0. The molecule has 0 saturated carbocycles. The van der Waals surface area contributed by atoms with Crippen LogP contribution in [0.4, 0.5) is 11.4 Å². The molecule has 1 atom stereocenters. The molecule has 0 aliphatic carbocycles. The van der Waals surface area contributed by atoms with Crippen molar-refractivity contribution in [1.82, 2.24) is 4.90 Å². The van der Waals surface area contributed by atoms with Crippen LogP contribution in [0, 0.1) is 0 Å². The van der Waals surface area contributed by atoms with E-state index in [0.717, 1.165) is 22.5 Å². The molecule has 0 bridgehead atoms. The molecule has 7 heteroatoms. The number of hydrogen-bond donors (Lipinski definition) is 0. The van der Waals surface area contributed by atoms with Crippen molar-refractivity contribution >= 4 is 35.2 Å². The number of rotatable bonds is 7. The molecule has 190 valence electrons. The highest BCUT2D eigenvalue weighted by Crippen LogP contribution is 2.37. The Labute approximate surface area is 214 Å². The summed E-state index contributed by atoms with van der Waals surface area (Å²) in [4.78, 5) is 37.1. The van der Waals surface area contributed by atoms with Crippen LogP contribution in [0.5, 0.6) is 0 Å². The van der Waals surface area contributed by atoms with Crippen molar-refractivity contribution in [3.05, 3.63) is 76.5 Å². The highest BCUT2D eigenvalue weighted by molar-refractivity contribution is 6.10. The van der Waals surface area contributed by atoms with Crippen LogP contribution >= 0.6 is 0 Å². The molecule has 1 amide bonds. The Bertz CT molecular complexity index is 1210. The molecule has 2 aromatic rings. The van der Waals surface area contributed by atoms with Crippen LogP contribution in [0.1, 0.15) is 44.9 Å². The van der Waals surface area contributed by atoms with E-state index in [0.29, 0.717) is 22.7 Å². The Hall–Kier alpha value is -3.87. The van der Waals surface area contributed by atoms with Crippen molar-refractivity contribution in [2.45, 2.75) is 33.7 Å². The minimum atomic E-state index is -0.648. The van der Waals surface area contributed by atoms with Crippen LogP contribution in [-0.4, -0.2) is 57.4 Å². The van der Waals surface area contributed by atoms with Crippen LogP contribution in [0.3, 0.4) is 0 Å². The van der Waals surface area contributed by atoms with Crippen LogP contribution in [0.15, 0.2) is 70.4 Å². The van der Waals surface area contributed by atoms with E-state index in [1.54, 1.807) is 32.6 Å². The predicted molar refractivity (Wildman–Crippen MR) is 147 cm³/mol. The summed E-state index contributed by atoms with van der Waals surface area (Å²) in [7, 11) is 7.91. The molecule has 1 aliphatic rings. The number of esters is 1. The Morgan fingerprint density at radius 2 is 1.47 bits per heavy atom. The fourth-order valence-corrected chi connectivity index (χ4v) is 4.24. The molecule has 1 heterocycles. The van der Waals surface area contributed by atoms with E-state index in [9.17, 15) is 9.59 Å². The SMILES string of the molecule is CCOC(=O)C1=C(C)N=C(C)N(C(=O)/C(C)=C\c2ccc(N(C)C)cc2)C1c1ccc(N(C)C)cc1. The molecular weight excluding hydrogens is 452 g/mol. The van der Waals surface area contributed by atoms with E-state index in [1.165, 1.54) is 0 Å².